The van der Waals surface area contributed by atoms with Crippen molar-refractivity contribution in [2.45, 2.75) is 5.75 Å². The molecule has 0 fully saturated rings. The number of hydrogen-bond donors (Lipinski definition) is 0. The molecule has 0 saturated carbocycles. The summed E-state index contributed by atoms with van der Waals surface area (Å²) < 4.78 is 5.94. The molecule has 0 aliphatic carbocycles. The van der Waals surface area contributed by atoms with Crippen molar-refractivity contribution < 1.29 is 9.32 Å². The molecule has 0 aliphatic heterocycles. The van der Waals surface area contributed by atoms with Gasteiger partial charge in [0.25, 0.3) is 0 Å². The zero-order chi connectivity index (χ0) is 10.4. The molecule has 1 rings (SSSR count). The normalized spacial score (nSPS) is 10.9. The summed E-state index contributed by atoms with van der Waals surface area (Å²) in [6.07, 6.45) is 0. The van der Waals surface area contributed by atoms with Gasteiger partial charge in [0.2, 0.25) is 0 Å². The fourth-order valence-corrected chi connectivity index (χ4v) is 1.78. The Bertz CT molecular complexity index is 283. The van der Waals surface area contributed by atoms with Gasteiger partial charge in [-0.2, -0.15) is 5.06 Å². The van der Waals surface area contributed by atoms with E-state index in [4.69, 9.17) is 9.32 Å². The van der Waals surface area contributed by atoms with E-state index >= 15 is 0 Å². The topological polar surface area (TPSA) is 21.7 Å². The zero-order valence-corrected chi connectivity index (χ0v) is 10.5. The number of halogens is 1. The first-order chi connectivity index (χ1) is 6.68. The van der Waals surface area contributed by atoms with E-state index in [1.807, 2.05) is 24.3 Å². The molecule has 0 heterocycles. The minimum absolute atomic E-state index is 0.757. The molecule has 0 bridgehead atoms. The molecular formula is C9H12BrNO2S. The second-order valence-electron chi connectivity index (χ2n) is 2.85. The van der Waals surface area contributed by atoms with Crippen LogP contribution < -0.4 is 0 Å². The molecule has 3 nitrogen and oxygen atoms in total. The average molecular weight is 278 g/mol. The standard InChI is InChI=1S/C9H12BrNO2S/c1-11(2)12-13-14-7-8-4-3-5-9(10)6-8/h3-6H,7H2,1-2H3. The van der Waals surface area contributed by atoms with Crippen LogP contribution in [0.1, 0.15) is 5.56 Å². The maximum atomic E-state index is 4.87. The molecule has 1 aromatic rings. The predicted molar refractivity (Wildman–Crippen MR) is 61.3 cm³/mol. The molecule has 0 spiro atoms. The first kappa shape index (κ1) is 12.0. The number of nitrogens with zero attached hydrogens (tertiary/aromatic N) is 1. The Labute approximate surface area is 96.6 Å². The van der Waals surface area contributed by atoms with Crippen LogP contribution in [0.5, 0.6) is 0 Å². The van der Waals surface area contributed by atoms with Gasteiger partial charge >= 0.3 is 0 Å². The van der Waals surface area contributed by atoms with Gasteiger partial charge in [-0.05, 0) is 17.7 Å². The third-order valence-electron chi connectivity index (χ3n) is 1.34. The Balaban J connectivity index is 2.25. The number of rotatable bonds is 5. The van der Waals surface area contributed by atoms with Gasteiger partial charge in [0.1, 0.15) is 0 Å². The lowest BCUT2D eigenvalue weighted by Gasteiger charge is -2.07. The van der Waals surface area contributed by atoms with Crippen molar-refractivity contribution in [1.82, 2.24) is 5.06 Å². The second kappa shape index (κ2) is 6.42. The molecule has 0 amide bonds. The molecule has 0 aliphatic rings. The Morgan fingerprint density at radius 3 is 2.86 bits per heavy atom. The van der Waals surface area contributed by atoms with E-state index in [1.54, 1.807) is 14.1 Å². The summed E-state index contributed by atoms with van der Waals surface area (Å²) in [6, 6.07) is 8.07. The average Bonchev–Trinajstić information content (AvgIpc) is 2.12. The van der Waals surface area contributed by atoms with Crippen LogP contribution in [0.2, 0.25) is 0 Å². The molecule has 0 aromatic heterocycles. The quantitative estimate of drug-likeness (QED) is 0.357. The van der Waals surface area contributed by atoms with E-state index in [1.165, 1.54) is 22.7 Å². The highest BCUT2D eigenvalue weighted by Gasteiger charge is 1.96. The molecular weight excluding hydrogens is 266 g/mol. The predicted octanol–water partition coefficient (Wildman–Crippen LogP) is 3.02. The van der Waals surface area contributed by atoms with Crippen molar-refractivity contribution >= 4 is 28.0 Å². The lowest BCUT2D eigenvalue weighted by atomic mass is 10.2. The van der Waals surface area contributed by atoms with Gasteiger partial charge < -0.3 is 0 Å². The van der Waals surface area contributed by atoms with E-state index in [9.17, 15) is 0 Å². The van der Waals surface area contributed by atoms with Crippen molar-refractivity contribution in [1.29, 1.82) is 0 Å². The minimum atomic E-state index is 0.757. The van der Waals surface area contributed by atoms with Crippen LogP contribution in [-0.2, 0) is 15.1 Å². The lowest BCUT2D eigenvalue weighted by Crippen LogP contribution is -2.10. The lowest BCUT2D eigenvalue weighted by molar-refractivity contribution is -0.340. The van der Waals surface area contributed by atoms with Crippen LogP contribution in [0.15, 0.2) is 28.7 Å². The molecule has 0 unspecified atom stereocenters. The molecule has 1 aromatic carbocycles. The molecule has 0 atom stereocenters. The van der Waals surface area contributed by atoms with Gasteiger partial charge in [0.15, 0.2) is 0 Å². The van der Waals surface area contributed by atoms with Gasteiger partial charge in [-0.3, -0.25) is 0 Å². The van der Waals surface area contributed by atoms with Gasteiger partial charge in [0, 0.05) is 36.4 Å². The monoisotopic (exact) mass is 277 g/mol. The number of hydrogen-bond acceptors (Lipinski definition) is 4. The van der Waals surface area contributed by atoms with E-state index in [2.05, 4.69) is 15.9 Å². The van der Waals surface area contributed by atoms with E-state index in [0.29, 0.717) is 0 Å². The van der Waals surface area contributed by atoms with Gasteiger partial charge in [0.05, 0.1) is 0 Å². The Morgan fingerprint density at radius 2 is 2.21 bits per heavy atom. The summed E-state index contributed by atoms with van der Waals surface area (Å²) in [6.45, 7) is 0. The second-order valence-corrected chi connectivity index (χ2v) is 4.42. The van der Waals surface area contributed by atoms with Crippen molar-refractivity contribution in [3.63, 3.8) is 0 Å². The maximum absolute atomic E-state index is 4.87. The third-order valence-corrected chi connectivity index (χ3v) is 2.44. The Morgan fingerprint density at radius 1 is 1.43 bits per heavy atom. The highest BCUT2D eigenvalue weighted by Crippen LogP contribution is 2.17. The van der Waals surface area contributed by atoms with E-state index in [-0.39, 0.29) is 0 Å². The number of benzene rings is 1. The molecule has 0 radical (unpaired) electrons. The fourth-order valence-electron chi connectivity index (χ4n) is 0.801. The van der Waals surface area contributed by atoms with Crippen molar-refractivity contribution in [2.75, 3.05) is 14.1 Å². The van der Waals surface area contributed by atoms with Crippen LogP contribution in [0.3, 0.4) is 0 Å². The largest absolute Gasteiger partial charge is 0.162 e. The summed E-state index contributed by atoms with van der Waals surface area (Å²) in [7, 11) is 3.53. The van der Waals surface area contributed by atoms with Crippen LogP contribution in [0, 0.1) is 0 Å². The zero-order valence-electron chi connectivity index (χ0n) is 8.07. The highest BCUT2D eigenvalue weighted by molar-refractivity contribution is 9.10. The summed E-state index contributed by atoms with van der Waals surface area (Å²) in [5.41, 5.74) is 1.19. The number of hydroxylamine groups is 2. The molecule has 78 valence electrons. The van der Waals surface area contributed by atoms with Gasteiger partial charge in [-0.25, -0.2) is 0 Å². The SMILES string of the molecule is CN(C)OOSCc1cccc(Br)c1. The first-order valence-electron chi connectivity index (χ1n) is 4.06. The molecule has 0 saturated heterocycles. The Hall–Kier alpha value is -0.0700. The smallest absolute Gasteiger partial charge is 0.0481 e. The Kier molecular flexibility index (Phi) is 5.50. The van der Waals surface area contributed by atoms with E-state index < -0.39 is 0 Å². The van der Waals surface area contributed by atoms with Crippen molar-refractivity contribution in [2.24, 2.45) is 0 Å². The molecule has 0 N–H and O–H groups in total. The maximum Gasteiger partial charge on any atom is 0.0481 e. The van der Waals surface area contributed by atoms with Crippen molar-refractivity contribution in [3.05, 3.63) is 34.3 Å². The van der Waals surface area contributed by atoms with E-state index in [0.717, 1.165) is 10.2 Å². The van der Waals surface area contributed by atoms with Gasteiger partial charge in [-0.1, -0.05) is 28.1 Å². The van der Waals surface area contributed by atoms with Gasteiger partial charge in [-0.15, -0.1) is 9.32 Å². The molecule has 14 heavy (non-hydrogen) atoms. The minimum Gasteiger partial charge on any atom is -0.162 e. The van der Waals surface area contributed by atoms with Crippen LogP contribution in [0.25, 0.3) is 0 Å². The van der Waals surface area contributed by atoms with Crippen LogP contribution in [-0.4, -0.2) is 19.2 Å². The van der Waals surface area contributed by atoms with Crippen molar-refractivity contribution in [3.8, 4) is 0 Å². The fraction of sp³-hybridized carbons (Fsp3) is 0.333. The third kappa shape index (κ3) is 4.97. The molecule has 5 heteroatoms. The summed E-state index contributed by atoms with van der Waals surface area (Å²) in [5, 5.41) is 1.49. The van der Waals surface area contributed by atoms with Crippen LogP contribution in [0.4, 0.5) is 0 Å². The summed E-state index contributed by atoms with van der Waals surface area (Å²) in [5.74, 6) is 0.757. The summed E-state index contributed by atoms with van der Waals surface area (Å²) in [4.78, 5) is 4.78. The van der Waals surface area contributed by atoms with Crippen LogP contribution >= 0.6 is 28.0 Å². The first-order valence-corrected chi connectivity index (χ1v) is 5.77. The summed E-state index contributed by atoms with van der Waals surface area (Å²) >= 11 is 4.66. The highest BCUT2D eigenvalue weighted by atomic mass is 79.9.